The zero-order valence-electron chi connectivity index (χ0n) is 15.0. The number of aryl methyl sites for hydroxylation is 2. The molecule has 26 heavy (non-hydrogen) atoms. The Kier molecular flexibility index (Phi) is 4.92. The number of ether oxygens (including phenoxy) is 2. The summed E-state index contributed by atoms with van der Waals surface area (Å²) >= 11 is 0. The average molecular weight is 353 g/mol. The fourth-order valence-electron chi connectivity index (χ4n) is 2.55. The smallest absolute Gasteiger partial charge is 0.341 e. The lowest BCUT2D eigenvalue weighted by molar-refractivity contribution is 0.0599. The molecule has 1 N–H and O–H groups in total. The van der Waals surface area contributed by atoms with Gasteiger partial charge in [0.15, 0.2) is 0 Å². The summed E-state index contributed by atoms with van der Waals surface area (Å²) in [6.45, 7) is 6.07. The minimum absolute atomic E-state index is 0.294. The Morgan fingerprint density at radius 3 is 2.58 bits per heavy atom. The number of hydrogen-bond donors (Lipinski definition) is 1. The van der Waals surface area contributed by atoms with Crippen molar-refractivity contribution < 1.29 is 14.3 Å². The predicted molar refractivity (Wildman–Crippen MR) is 96.8 cm³/mol. The van der Waals surface area contributed by atoms with Crippen LogP contribution in [0.1, 0.15) is 28.7 Å². The summed E-state index contributed by atoms with van der Waals surface area (Å²) in [6.07, 6.45) is 1.41. The zero-order valence-corrected chi connectivity index (χ0v) is 15.0. The van der Waals surface area contributed by atoms with Gasteiger partial charge in [-0.3, -0.25) is 5.32 Å². The molecule has 0 aliphatic rings. The first-order chi connectivity index (χ1) is 12.5. The molecule has 2 heterocycles. The van der Waals surface area contributed by atoms with Gasteiger partial charge in [-0.2, -0.15) is 0 Å². The molecule has 0 saturated carbocycles. The Morgan fingerprint density at radius 2 is 1.88 bits per heavy atom. The van der Waals surface area contributed by atoms with Gasteiger partial charge in [0.05, 0.1) is 30.7 Å². The second kappa shape index (κ2) is 7.30. The summed E-state index contributed by atoms with van der Waals surface area (Å²) in [4.78, 5) is 29.0. The van der Waals surface area contributed by atoms with Gasteiger partial charge >= 0.3 is 5.97 Å². The Hall–Kier alpha value is -3.29. The molecule has 0 atom stereocenters. The topological polar surface area (TPSA) is 99.1 Å². The normalized spacial score (nSPS) is 10.6. The highest BCUT2D eigenvalue weighted by Crippen LogP contribution is 2.27. The highest BCUT2D eigenvalue weighted by Gasteiger charge is 2.14. The lowest BCUT2D eigenvalue weighted by Gasteiger charge is -2.11. The third kappa shape index (κ3) is 3.39. The van der Waals surface area contributed by atoms with Crippen molar-refractivity contribution in [2.75, 3.05) is 19.0 Å². The summed E-state index contributed by atoms with van der Waals surface area (Å²) in [7, 11) is 1.32. The van der Waals surface area contributed by atoms with Crippen molar-refractivity contribution in [2.24, 2.45) is 0 Å². The Labute approximate surface area is 150 Å². The third-order valence-electron chi connectivity index (χ3n) is 3.79. The highest BCUT2D eigenvalue weighted by atomic mass is 16.5. The number of hydrogen-bond acceptors (Lipinski definition) is 8. The Balaban J connectivity index is 1.97. The molecule has 3 aromatic rings. The number of aromatic nitrogens is 4. The molecule has 0 bridgehead atoms. The molecule has 0 amide bonds. The van der Waals surface area contributed by atoms with Crippen LogP contribution in [-0.4, -0.2) is 39.6 Å². The van der Waals surface area contributed by atoms with Crippen LogP contribution in [0, 0.1) is 13.8 Å². The van der Waals surface area contributed by atoms with Crippen molar-refractivity contribution >= 4 is 28.8 Å². The highest BCUT2D eigenvalue weighted by molar-refractivity contribution is 5.90. The number of methoxy groups -OCH3 is 1. The number of fused-ring (bicyclic) bond motifs is 1. The first-order valence-electron chi connectivity index (χ1n) is 8.12. The number of nitrogens with one attached hydrogen (secondary N) is 1. The number of esters is 1. The maximum absolute atomic E-state index is 11.6. The molecule has 3 rings (SSSR count). The number of carbonyl (C=O) groups is 1. The average Bonchev–Trinajstić information content (AvgIpc) is 2.62. The van der Waals surface area contributed by atoms with E-state index in [0.717, 1.165) is 11.1 Å². The van der Waals surface area contributed by atoms with Gasteiger partial charge in [-0.1, -0.05) is 12.1 Å². The molecule has 134 valence electrons. The van der Waals surface area contributed by atoms with E-state index in [-0.39, 0.29) is 0 Å². The number of carbonyl (C=O) groups excluding carboxylic acids is 1. The molecule has 0 fully saturated rings. The lowest BCUT2D eigenvalue weighted by Crippen LogP contribution is -2.09. The number of benzene rings is 1. The minimum atomic E-state index is -0.479. The van der Waals surface area contributed by atoms with Gasteiger partial charge in [0, 0.05) is 11.6 Å². The van der Waals surface area contributed by atoms with Crippen LogP contribution in [0.2, 0.25) is 0 Å². The van der Waals surface area contributed by atoms with Crippen molar-refractivity contribution in [3.63, 3.8) is 0 Å². The van der Waals surface area contributed by atoms with Crippen LogP contribution in [0.5, 0.6) is 5.75 Å². The fourth-order valence-corrected chi connectivity index (χ4v) is 2.55. The maximum Gasteiger partial charge on any atom is 0.341 e. The quantitative estimate of drug-likeness (QED) is 0.699. The van der Waals surface area contributed by atoms with Crippen LogP contribution in [0.25, 0.3) is 10.9 Å². The molecule has 2 aromatic heterocycles. The lowest BCUT2D eigenvalue weighted by atomic mass is 10.2. The molecular weight excluding hydrogens is 334 g/mol. The van der Waals surface area contributed by atoms with Crippen molar-refractivity contribution in [1.82, 2.24) is 19.9 Å². The number of anilines is 2. The van der Waals surface area contributed by atoms with Gasteiger partial charge in [-0.15, -0.1) is 0 Å². The van der Waals surface area contributed by atoms with Gasteiger partial charge in [0.2, 0.25) is 11.9 Å². The molecular formula is C18H19N5O3. The van der Waals surface area contributed by atoms with E-state index in [4.69, 9.17) is 9.47 Å². The number of para-hydroxylation sites is 1. The summed E-state index contributed by atoms with van der Waals surface area (Å²) in [5.41, 5.74) is 2.34. The molecule has 0 unspecified atom stereocenters. The summed E-state index contributed by atoms with van der Waals surface area (Å²) in [5, 5.41) is 3.90. The van der Waals surface area contributed by atoms with Gasteiger partial charge in [-0.25, -0.2) is 24.7 Å². The van der Waals surface area contributed by atoms with Crippen LogP contribution in [0.15, 0.2) is 24.4 Å². The van der Waals surface area contributed by atoms with Crippen molar-refractivity contribution in [2.45, 2.75) is 20.8 Å². The fraction of sp³-hybridized carbons (Fsp3) is 0.278. The monoisotopic (exact) mass is 353 g/mol. The number of rotatable bonds is 5. The van der Waals surface area contributed by atoms with Crippen LogP contribution >= 0.6 is 0 Å². The van der Waals surface area contributed by atoms with Crippen LogP contribution in [0.3, 0.4) is 0 Å². The maximum atomic E-state index is 11.6. The second-order valence-electron chi connectivity index (χ2n) is 5.53. The Morgan fingerprint density at radius 1 is 1.12 bits per heavy atom. The van der Waals surface area contributed by atoms with Gasteiger partial charge in [0.1, 0.15) is 11.3 Å². The van der Waals surface area contributed by atoms with E-state index in [0.29, 0.717) is 41.0 Å². The first-order valence-corrected chi connectivity index (χ1v) is 8.12. The van der Waals surface area contributed by atoms with E-state index in [9.17, 15) is 4.79 Å². The van der Waals surface area contributed by atoms with Crippen LogP contribution in [0.4, 0.5) is 11.9 Å². The largest absolute Gasteiger partial charge is 0.492 e. The minimum Gasteiger partial charge on any atom is -0.492 e. The van der Waals surface area contributed by atoms with Gasteiger partial charge < -0.3 is 9.47 Å². The first kappa shape index (κ1) is 17.5. The molecule has 8 nitrogen and oxygen atoms in total. The third-order valence-corrected chi connectivity index (χ3v) is 3.79. The number of nitrogens with zero attached hydrogens (tertiary/aromatic N) is 4. The standard InChI is InChI=1S/C18H19N5O3/c1-5-26-14-8-6-7-12-10(2)21-18(22-15(12)14)23-17-19-9-13(11(3)20-17)16(24)25-4/h6-9H,5H2,1-4H3,(H,19,20,21,22,23). The summed E-state index contributed by atoms with van der Waals surface area (Å²) in [5.74, 6) is 0.861. The summed E-state index contributed by atoms with van der Waals surface area (Å²) < 4.78 is 10.3. The van der Waals surface area contributed by atoms with Crippen molar-refractivity contribution in [3.8, 4) is 5.75 Å². The van der Waals surface area contributed by atoms with Crippen LogP contribution in [-0.2, 0) is 4.74 Å². The molecule has 0 saturated heterocycles. The molecule has 0 aliphatic heterocycles. The van der Waals surface area contributed by atoms with E-state index in [1.165, 1.54) is 13.3 Å². The van der Waals surface area contributed by atoms with E-state index in [2.05, 4.69) is 25.3 Å². The molecule has 0 spiro atoms. The van der Waals surface area contributed by atoms with Crippen molar-refractivity contribution in [3.05, 3.63) is 41.3 Å². The van der Waals surface area contributed by atoms with E-state index in [1.807, 2.05) is 32.0 Å². The zero-order chi connectivity index (χ0) is 18.7. The molecule has 1 aromatic carbocycles. The molecule has 0 radical (unpaired) electrons. The second-order valence-corrected chi connectivity index (χ2v) is 5.53. The summed E-state index contributed by atoms with van der Waals surface area (Å²) in [6, 6.07) is 5.73. The molecule has 8 heteroatoms. The predicted octanol–water partition coefficient (Wildman–Crippen LogP) is 2.97. The van der Waals surface area contributed by atoms with E-state index < -0.39 is 5.97 Å². The van der Waals surface area contributed by atoms with E-state index in [1.54, 1.807) is 6.92 Å². The van der Waals surface area contributed by atoms with Gasteiger partial charge in [-0.05, 0) is 26.8 Å². The Bertz CT molecular complexity index is 974. The van der Waals surface area contributed by atoms with Gasteiger partial charge in [0.25, 0.3) is 0 Å². The van der Waals surface area contributed by atoms with Crippen LogP contribution < -0.4 is 10.1 Å². The molecule has 0 aliphatic carbocycles. The van der Waals surface area contributed by atoms with Crippen molar-refractivity contribution in [1.29, 1.82) is 0 Å². The SMILES string of the molecule is CCOc1cccc2c(C)nc(Nc3ncc(C(=O)OC)c(C)n3)nc12. The van der Waals surface area contributed by atoms with E-state index >= 15 is 0 Å².